The Balaban J connectivity index is 2.22. The number of rotatable bonds is 6. The van der Waals surface area contributed by atoms with Crippen molar-refractivity contribution in [2.75, 3.05) is 14.2 Å². The second-order valence-electron chi connectivity index (χ2n) is 6.18. The number of aliphatic carboxylic acids is 1. The quantitative estimate of drug-likeness (QED) is 0.856. The fourth-order valence-corrected chi connectivity index (χ4v) is 3.45. The van der Waals surface area contributed by atoms with Gasteiger partial charge in [-0.25, -0.2) is 0 Å². The molecule has 4 nitrogen and oxygen atoms in total. The molecule has 4 heteroatoms. The van der Waals surface area contributed by atoms with Crippen molar-refractivity contribution in [2.24, 2.45) is 0 Å². The minimum absolute atomic E-state index is 0.0307. The van der Waals surface area contributed by atoms with Gasteiger partial charge in [-0.3, -0.25) is 4.79 Å². The second-order valence-corrected chi connectivity index (χ2v) is 6.18. The summed E-state index contributed by atoms with van der Waals surface area (Å²) >= 11 is 0. The minimum Gasteiger partial charge on any atom is -0.497 e. The lowest BCUT2D eigenvalue weighted by Gasteiger charge is -2.34. The Labute approximate surface area is 153 Å². The third-order valence-corrected chi connectivity index (χ3v) is 4.85. The molecule has 0 saturated carbocycles. The van der Waals surface area contributed by atoms with E-state index < -0.39 is 11.4 Å². The number of hydrogen-bond donors (Lipinski definition) is 1. The molecule has 0 amide bonds. The van der Waals surface area contributed by atoms with Gasteiger partial charge in [0.2, 0.25) is 0 Å². The van der Waals surface area contributed by atoms with E-state index in [1.165, 1.54) is 0 Å². The molecule has 0 bridgehead atoms. The van der Waals surface area contributed by atoms with E-state index in [2.05, 4.69) is 0 Å². The molecule has 0 aliphatic heterocycles. The molecular formula is C22H22O4. The van der Waals surface area contributed by atoms with Crippen LogP contribution in [0, 0.1) is 0 Å². The molecule has 1 N–H and O–H groups in total. The number of carboxylic acids is 1. The minimum atomic E-state index is -1.29. The molecule has 0 saturated heterocycles. The average Bonchev–Trinajstić information content (AvgIpc) is 2.70. The molecule has 1 aliphatic rings. The van der Waals surface area contributed by atoms with E-state index in [4.69, 9.17) is 9.47 Å². The first-order chi connectivity index (χ1) is 12.6. The Hall–Kier alpha value is -2.85. The lowest BCUT2D eigenvalue weighted by molar-refractivity contribution is -0.140. The van der Waals surface area contributed by atoms with Gasteiger partial charge in [0, 0.05) is 7.11 Å². The molecular weight excluding hydrogens is 328 g/mol. The molecule has 0 aromatic heterocycles. The van der Waals surface area contributed by atoms with E-state index in [-0.39, 0.29) is 6.10 Å². The highest BCUT2D eigenvalue weighted by atomic mass is 16.5. The van der Waals surface area contributed by atoms with Crippen LogP contribution < -0.4 is 4.74 Å². The molecule has 2 aromatic rings. The van der Waals surface area contributed by atoms with Gasteiger partial charge >= 0.3 is 5.97 Å². The molecule has 2 aromatic carbocycles. The summed E-state index contributed by atoms with van der Waals surface area (Å²) in [5, 5.41) is 10.4. The summed E-state index contributed by atoms with van der Waals surface area (Å²) in [5.74, 6) is -0.227. The van der Waals surface area contributed by atoms with Crippen LogP contribution in [0.1, 0.15) is 17.5 Å². The first-order valence-electron chi connectivity index (χ1n) is 8.48. The summed E-state index contributed by atoms with van der Waals surface area (Å²) in [6.07, 6.45) is 6.35. The van der Waals surface area contributed by atoms with Gasteiger partial charge in [0.1, 0.15) is 11.2 Å². The second kappa shape index (κ2) is 7.58. The fourth-order valence-electron chi connectivity index (χ4n) is 3.45. The van der Waals surface area contributed by atoms with Crippen LogP contribution in [0.3, 0.4) is 0 Å². The summed E-state index contributed by atoms with van der Waals surface area (Å²) in [6.45, 7) is 0. The number of carboxylic acid groups (broad SMARTS) is 1. The molecule has 0 heterocycles. The van der Waals surface area contributed by atoms with Crippen LogP contribution in [-0.2, 0) is 14.9 Å². The molecule has 0 spiro atoms. The standard InChI is InChI=1S/C22H22O4/c1-25-19-12-8-17(9-13-19)22(21(23)24,16-6-4-3-5-7-16)18-10-14-20(26-2)15-11-18/h3-14,20H,15H2,1-2H3,(H,23,24). The monoisotopic (exact) mass is 350 g/mol. The van der Waals surface area contributed by atoms with Crippen LogP contribution in [0.15, 0.2) is 78.4 Å². The van der Waals surface area contributed by atoms with Crippen molar-refractivity contribution in [3.8, 4) is 5.75 Å². The van der Waals surface area contributed by atoms with Gasteiger partial charge in [-0.05, 0) is 35.3 Å². The van der Waals surface area contributed by atoms with Crippen LogP contribution in [0.5, 0.6) is 5.75 Å². The summed E-state index contributed by atoms with van der Waals surface area (Å²) in [6, 6.07) is 16.5. The first kappa shape index (κ1) is 18.0. The summed E-state index contributed by atoms with van der Waals surface area (Å²) in [4.78, 5) is 12.7. The predicted molar refractivity (Wildman–Crippen MR) is 100 cm³/mol. The van der Waals surface area contributed by atoms with Gasteiger partial charge in [-0.2, -0.15) is 0 Å². The third kappa shape index (κ3) is 3.04. The van der Waals surface area contributed by atoms with Crippen LogP contribution >= 0.6 is 0 Å². The number of methoxy groups -OCH3 is 2. The summed E-state index contributed by atoms with van der Waals surface area (Å²) < 4.78 is 10.6. The molecule has 0 fully saturated rings. The Bertz CT molecular complexity index is 821. The maximum Gasteiger partial charge on any atom is 0.323 e. The van der Waals surface area contributed by atoms with Gasteiger partial charge in [-0.1, -0.05) is 60.7 Å². The van der Waals surface area contributed by atoms with Crippen molar-refractivity contribution in [3.05, 3.63) is 89.5 Å². The van der Waals surface area contributed by atoms with Crippen molar-refractivity contribution >= 4 is 5.97 Å². The zero-order chi connectivity index (χ0) is 18.6. The maximum atomic E-state index is 12.7. The van der Waals surface area contributed by atoms with Crippen molar-refractivity contribution in [3.63, 3.8) is 0 Å². The van der Waals surface area contributed by atoms with Crippen molar-refractivity contribution in [1.82, 2.24) is 0 Å². The van der Waals surface area contributed by atoms with Crippen LogP contribution in [0.2, 0.25) is 0 Å². The van der Waals surface area contributed by atoms with Crippen molar-refractivity contribution in [1.29, 1.82) is 0 Å². The van der Waals surface area contributed by atoms with E-state index >= 15 is 0 Å². The van der Waals surface area contributed by atoms with Crippen molar-refractivity contribution < 1.29 is 19.4 Å². The zero-order valence-electron chi connectivity index (χ0n) is 14.9. The normalized spacial score (nSPS) is 18.7. The van der Waals surface area contributed by atoms with Crippen LogP contribution in [0.4, 0.5) is 0 Å². The van der Waals surface area contributed by atoms with Crippen LogP contribution in [-0.4, -0.2) is 31.4 Å². The van der Waals surface area contributed by atoms with Crippen LogP contribution in [0.25, 0.3) is 0 Å². The molecule has 26 heavy (non-hydrogen) atoms. The van der Waals surface area contributed by atoms with E-state index in [0.717, 1.165) is 5.57 Å². The molecule has 2 atom stereocenters. The topological polar surface area (TPSA) is 55.8 Å². The van der Waals surface area contributed by atoms with E-state index in [1.54, 1.807) is 26.4 Å². The maximum absolute atomic E-state index is 12.7. The first-order valence-corrected chi connectivity index (χ1v) is 8.48. The lowest BCUT2D eigenvalue weighted by Crippen LogP contribution is -2.39. The highest BCUT2D eigenvalue weighted by Gasteiger charge is 2.45. The van der Waals surface area contributed by atoms with E-state index in [1.807, 2.05) is 60.7 Å². The number of ether oxygens (including phenoxy) is 2. The SMILES string of the molecule is COc1ccc(C(C(=O)O)(C2=CCC(OC)C=C2)c2ccccc2)cc1. The summed E-state index contributed by atoms with van der Waals surface area (Å²) in [5.41, 5.74) is 0.839. The largest absolute Gasteiger partial charge is 0.497 e. The highest BCUT2D eigenvalue weighted by Crippen LogP contribution is 2.42. The average molecular weight is 350 g/mol. The number of allylic oxidation sites excluding steroid dienone is 1. The van der Waals surface area contributed by atoms with Gasteiger partial charge < -0.3 is 14.6 Å². The Morgan fingerprint density at radius 2 is 1.69 bits per heavy atom. The molecule has 0 radical (unpaired) electrons. The van der Waals surface area contributed by atoms with Crippen molar-refractivity contribution in [2.45, 2.75) is 17.9 Å². The number of carbonyl (C=O) groups is 1. The van der Waals surface area contributed by atoms with Gasteiger partial charge in [0.15, 0.2) is 0 Å². The summed E-state index contributed by atoms with van der Waals surface area (Å²) in [7, 11) is 3.24. The Kier molecular flexibility index (Phi) is 5.24. The highest BCUT2D eigenvalue weighted by molar-refractivity contribution is 5.91. The lowest BCUT2D eigenvalue weighted by atomic mass is 9.67. The van der Waals surface area contributed by atoms with Gasteiger partial charge in [0.05, 0.1) is 13.2 Å². The van der Waals surface area contributed by atoms with Gasteiger partial charge in [-0.15, -0.1) is 0 Å². The Morgan fingerprint density at radius 3 is 2.19 bits per heavy atom. The number of hydrogen-bond acceptors (Lipinski definition) is 3. The predicted octanol–water partition coefficient (Wildman–Crippen LogP) is 3.97. The van der Waals surface area contributed by atoms with E-state index in [0.29, 0.717) is 23.3 Å². The third-order valence-electron chi connectivity index (χ3n) is 4.85. The zero-order valence-corrected chi connectivity index (χ0v) is 14.9. The molecule has 2 unspecified atom stereocenters. The molecule has 3 rings (SSSR count). The fraction of sp³-hybridized carbons (Fsp3) is 0.227. The van der Waals surface area contributed by atoms with E-state index in [9.17, 15) is 9.90 Å². The smallest absolute Gasteiger partial charge is 0.323 e. The number of benzene rings is 2. The molecule has 1 aliphatic carbocycles. The van der Waals surface area contributed by atoms with Gasteiger partial charge in [0.25, 0.3) is 0 Å². The Morgan fingerprint density at radius 1 is 1.04 bits per heavy atom. The molecule has 134 valence electrons.